The van der Waals surface area contributed by atoms with E-state index in [1.54, 1.807) is 36.3 Å². The molecule has 0 bridgehead atoms. The predicted molar refractivity (Wildman–Crippen MR) is 117 cm³/mol. The lowest BCUT2D eigenvalue weighted by atomic mass is 10.0. The molecule has 0 spiro atoms. The third-order valence-electron chi connectivity index (χ3n) is 5.84. The van der Waals surface area contributed by atoms with Crippen molar-refractivity contribution in [2.45, 2.75) is 25.8 Å². The van der Waals surface area contributed by atoms with Crippen LogP contribution in [0, 0.1) is 12.7 Å². The number of aromatic nitrogens is 2. The molecular formula is C24H21FN4O4. The molecule has 1 fully saturated rings. The van der Waals surface area contributed by atoms with Gasteiger partial charge in [-0.1, -0.05) is 5.16 Å². The highest BCUT2D eigenvalue weighted by Crippen LogP contribution is 2.29. The van der Waals surface area contributed by atoms with Crippen molar-refractivity contribution >= 4 is 22.9 Å². The summed E-state index contributed by atoms with van der Waals surface area (Å²) >= 11 is 0. The SMILES string of the molecule is Cc1noc2nc(-c3ccco3)cc(C(=O)N3CCC(NC(=O)c4ccc(F)cc4)CC3)c12. The summed E-state index contributed by atoms with van der Waals surface area (Å²) in [7, 11) is 0. The lowest BCUT2D eigenvalue weighted by Crippen LogP contribution is -2.46. The van der Waals surface area contributed by atoms with Crippen LogP contribution in [0.3, 0.4) is 0 Å². The molecule has 9 heteroatoms. The van der Waals surface area contributed by atoms with Gasteiger partial charge in [0.2, 0.25) is 0 Å². The zero-order valence-electron chi connectivity index (χ0n) is 17.9. The molecule has 4 aromatic rings. The fraction of sp³-hybridized carbons (Fsp3) is 0.250. The zero-order valence-corrected chi connectivity index (χ0v) is 17.9. The number of furan rings is 1. The van der Waals surface area contributed by atoms with Crippen molar-refractivity contribution in [3.05, 3.63) is 71.4 Å². The minimum atomic E-state index is -0.387. The molecule has 0 atom stereocenters. The number of aryl methyl sites for hydroxylation is 1. The quantitative estimate of drug-likeness (QED) is 0.507. The van der Waals surface area contributed by atoms with Crippen molar-refractivity contribution in [1.82, 2.24) is 20.4 Å². The van der Waals surface area contributed by atoms with Gasteiger partial charge in [0.05, 0.1) is 22.9 Å². The highest BCUT2D eigenvalue weighted by molar-refractivity contribution is 6.07. The van der Waals surface area contributed by atoms with Crippen molar-refractivity contribution in [3.63, 3.8) is 0 Å². The van der Waals surface area contributed by atoms with Crippen LogP contribution in [-0.2, 0) is 0 Å². The highest BCUT2D eigenvalue weighted by Gasteiger charge is 2.28. The van der Waals surface area contributed by atoms with Gasteiger partial charge >= 0.3 is 0 Å². The van der Waals surface area contributed by atoms with Crippen molar-refractivity contribution in [2.24, 2.45) is 0 Å². The number of pyridine rings is 1. The summed E-state index contributed by atoms with van der Waals surface area (Å²) in [5, 5.41) is 7.53. The zero-order chi connectivity index (χ0) is 22.9. The third-order valence-corrected chi connectivity index (χ3v) is 5.84. The summed E-state index contributed by atoms with van der Waals surface area (Å²) in [4.78, 5) is 32.1. The average molecular weight is 448 g/mol. The fourth-order valence-electron chi connectivity index (χ4n) is 4.08. The van der Waals surface area contributed by atoms with Crippen LogP contribution in [0.15, 0.2) is 57.7 Å². The van der Waals surface area contributed by atoms with E-state index < -0.39 is 0 Å². The van der Waals surface area contributed by atoms with Crippen molar-refractivity contribution < 1.29 is 22.9 Å². The second kappa shape index (κ2) is 8.50. The second-order valence-electron chi connectivity index (χ2n) is 8.03. The largest absolute Gasteiger partial charge is 0.463 e. The van der Waals surface area contributed by atoms with Crippen molar-refractivity contribution in [2.75, 3.05) is 13.1 Å². The molecule has 0 aliphatic carbocycles. The van der Waals surface area contributed by atoms with E-state index in [1.165, 1.54) is 24.3 Å². The molecular weight excluding hydrogens is 427 g/mol. The molecule has 168 valence electrons. The number of hydrogen-bond donors (Lipinski definition) is 1. The minimum Gasteiger partial charge on any atom is -0.463 e. The molecule has 1 N–H and O–H groups in total. The van der Waals surface area contributed by atoms with E-state index in [-0.39, 0.29) is 29.4 Å². The molecule has 1 aliphatic heterocycles. The van der Waals surface area contributed by atoms with Crippen LogP contribution in [0.25, 0.3) is 22.6 Å². The summed E-state index contributed by atoms with van der Waals surface area (Å²) in [5.74, 6) is -0.257. The number of amides is 2. The number of nitrogens with zero attached hydrogens (tertiary/aromatic N) is 3. The number of carbonyl (C=O) groups is 2. The first-order chi connectivity index (χ1) is 16.0. The highest BCUT2D eigenvalue weighted by atomic mass is 19.1. The Hall–Kier alpha value is -4.01. The molecule has 1 aromatic carbocycles. The van der Waals surface area contributed by atoms with E-state index in [0.29, 0.717) is 59.6 Å². The van der Waals surface area contributed by atoms with Crippen LogP contribution in [-0.4, -0.2) is 46.0 Å². The normalized spacial score (nSPS) is 14.5. The Morgan fingerprint density at radius 1 is 1.15 bits per heavy atom. The lowest BCUT2D eigenvalue weighted by molar-refractivity contribution is 0.0700. The van der Waals surface area contributed by atoms with Crippen LogP contribution in [0.5, 0.6) is 0 Å². The van der Waals surface area contributed by atoms with Crippen LogP contribution >= 0.6 is 0 Å². The van der Waals surface area contributed by atoms with Gasteiger partial charge in [0.1, 0.15) is 11.5 Å². The van der Waals surface area contributed by atoms with Gasteiger partial charge in [-0.25, -0.2) is 9.37 Å². The first-order valence-corrected chi connectivity index (χ1v) is 10.7. The van der Waals surface area contributed by atoms with Gasteiger partial charge in [0.15, 0.2) is 5.76 Å². The monoisotopic (exact) mass is 448 g/mol. The molecule has 0 radical (unpaired) electrons. The maximum absolute atomic E-state index is 13.4. The Balaban J connectivity index is 1.31. The van der Waals surface area contributed by atoms with Gasteiger partial charge < -0.3 is 19.2 Å². The summed E-state index contributed by atoms with van der Waals surface area (Å²) in [6, 6.07) is 10.6. The van der Waals surface area contributed by atoms with Crippen LogP contribution in [0.2, 0.25) is 0 Å². The smallest absolute Gasteiger partial charge is 0.259 e. The third kappa shape index (κ3) is 4.09. The van der Waals surface area contributed by atoms with Crippen molar-refractivity contribution in [1.29, 1.82) is 0 Å². The van der Waals surface area contributed by atoms with Crippen LogP contribution in [0.4, 0.5) is 4.39 Å². The Morgan fingerprint density at radius 2 is 1.91 bits per heavy atom. The molecule has 5 rings (SSSR count). The molecule has 1 aliphatic rings. The Labute approximate surface area is 188 Å². The summed E-state index contributed by atoms with van der Waals surface area (Å²) in [6.07, 6.45) is 2.76. The van der Waals surface area contributed by atoms with E-state index >= 15 is 0 Å². The maximum atomic E-state index is 13.4. The Morgan fingerprint density at radius 3 is 2.61 bits per heavy atom. The Kier molecular flexibility index (Phi) is 5.37. The number of benzene rings is 1. The van der Waals surface area contributed by atoms with Gasteiger partial charge in [-0.15, -0.1) is 0 Å². The van der Waals surface area contributed by atoms with E-state index in [4.69, 9.17) is 8.94 Å². The fourth-order valence-corrected chi connectivity index (χ4v) is 4.08. The summed E-state index contributed by atoms with van der Waals surface area (Å²) in [6.45, 7) is 2.74. The standard InChI is InChI=1S/C24H21FN4O4/c1-14-21-18(13-19(20-3-2-12-32-20)27-23(21)33-28-14)24(31)29-10-8-17(9-11-29)26-22(30)15-4-6-16(25)7-5-15/h2-7,12-13,17H,8-11H2,1H3,(H,26,30). The second-order valence-corrected chi connectivity index (χ2v) is 8.03. The topological polar surface area (TPSA) is 101 Å². The van der Waals surface area contributed by atoms with E-state index in [0.717, 1.165) is 0 Å². The average Bonchev–Trinajstić information content (AvgIpc) is 3.49. The van der Waals surface area contributed by atoms with E-state index in [9.17, 15) is 14.0 Å². The number of fused-ring (bicyclic) bond motifs is 1. The molecule has 8 nitrogen and oxygen atoms in total. The maximum Gasteiger partial charge on any atom is 0.259 e. The van der Waals surface area contributed by atoms with E-state index in [2.05, 4.69) is 15.5 Å². The van der Waals surface area contributed by atoms with Crippen LogP contribution in [0.1, 0.15) is 39.3 Å². The molecule has 33 heavy (non-hydrogen) atoms. The molecule has 4 heterocycles. The predicted octanol–water partition coefficient (Wildman–Crippen LogP) is 3.96. The van der Waals surface area contributed by atoms with Crippen LogP contribution < -0.4 is 5.32 Å². The summed E-state index contributed by atoms with van der Waals surface area (Å²) in [5.41, 5.74) is 2.23. The number of hydrogen-bond acceptors (Lipinski definition) is 6. The number of nitrogens with one attached hydrogen (secondary N) is 1. The van der Waals surface area contributed by atoms with Gasteiger partial charge in [-0.05, 0) is 62.2 Å². The minimum absolute atomic E-state index is 0.0694. The summed E-state index contributed by atoms with van der Waals surface area (Å²) < 4.78 is 23.9. The number of piperidine rings is 1. The van der Waals surface area contributed by atoms with Gasteiger partial charge in [0.25, 0.3) is 17.5 Å². The van der Waals surface area contributed by atoms with Gasteiger partial charge in [-0.3, -0.25) is 9.59 Å². The number of carbonyl (C=O) groups excluding carboxylic acids is 2. The molecule has 2 amide bonds. The molecule has 1 saturated heterocycles. The Bertz CT molecular complexity index is 1310. The molecule has 3 aromatic heterocycles. The van der Waals surface area contributed by atoms with Gasteiger partial charge in [0, 0.05) is 24.7 Å². The van der Waals surface area contributed by atoms with E-state index in [1.807, 2.05) is 0 Å². The van der Waals surface area contributed by atoms with Crippen molar-refractivity contribution in [3.8, 4) is 11.5 Å². The number of rotatable bonds is 4. The number of likely N-dealkylation sites (tertiary alicyclic amines) is 1. The first kappa shape index (κ1) is 20.9. The lowest BCUT2D eigenvalue weighted by Gasteiger charge is -2.32. The molecule has 0 saturated carbocycles. The van der Waals surface area contributed by atoms with Gasteiger partial charge in [-0.2, -0.15) is 0 Å². The first-order valence-electron chi connectivity index (χ1n) is 10.7. The molecule has 0 unspecified atom stereocenters. The number of halogens is 1.